The maximum atomic E-state index is 5.98. The Hall–Kier alpha value is -0.670. The molecule has 0 amide bonds. The third-order valence-corrected chi connectivity index (χ3v) is 3.49. The Bertz CT molecular complexity index is 470. The highest BCUT2D eigenvalue weighted by atomic mass is 35.5. The van der Waals surface area contributed by atoms with Crippen molar-refractivity contribution in [2.45, 2.75) is 26.2 Å². The maximum absolute atomic E-state index is 5.98. The normalized spacial score (nSPS) is 12.3. The molecule has 2 rings (SSSR count). The summed E-state index contributed by atoms with van der Waals surface area (Å²) in [6.45, 7) is 6.51. The van der Waals surface area contributed by atoms with Gasteiger partial charge in [0.05, 0.1) is 10.2 Å². The van der Waals surface area contributed by atoms with E-state index >= 15 is 0 Å². The molecule has 0 N–H and O–H groups in total. The highest BCUT2D eigenvalue weighted by molar-refractivity contribution is 7.18. The minimum absolute atomic E-state index is 0.107. The third-order valence-electron chi connectivity index (χ3n) is 2.12. The van der Waals surface area contributed by atoms with E-state index in [1.54, 1.807) is 11.3 Å². The summed E-state index contributed by atoms with van der Waals surface area (Å²) in [7, 11) is 0. The summed E-state index contributed by atoms with van der Waals surface area (Å²) in [6, 6.07) is 0. The number of hydrogen-bond acceptors (Lipinski definition) is 3. The summed E-state index contributed by atoms with van der Waals surface area (Å²) >= 11 is 7.59. The summed E-state index contributed by atoms with van der Waals surface area (Å²) in [6.07, 6.45) is 1.52. The summed E-state index contributed by atoms with van der Waals surface area (Å²) in [4.78, 5) is 8.25. The Morgan fingerprint density at radius 3 is 2.64 bits per heavy atom. The van der Waals surface area contributed by atoms with Gasteiger partial charge in [-0.15, -0.1) is 11.3 Å². The van der Waals surface area contributed by atoms with Crippen molar-refractivity contribution >= 4 is 33.2 Å². The van der Waals surface area contributed by atoms with Crippen LogP contribution in [-0.2, 0) is 5.41 Å². The average Bonchev–Trinajstić information content (AvgIpc) is 2.47. The van der Waals surface area contributed by atoms with Crippen molar-refractivity contribution < 1.29 is 0 Å². The van der Waals surface area contributed by atoms with Crippen LogP contribution >= 0.6 is 22.9 Å². The van der Waals surface area contributed by atoms with Crippen LogP contribution in [0.3, 0.4) is 0 Å². The molecule has 2 aromatic heterocycles. The number of halogens is 1. The summed E-state index contributed by atoms with van der Waals surface area (Å²) in [5.74, 6) is 0. The molecular formula is C10H11ClN2S. The van der Waals surface area contributed by atoms with Gasteiger partial charge in [-0.2, -0.15) is 0 Å². The van der Waals surface area contributed by atoms with Crippen LogP contribution in [0.15, 0.2) is 11.7 Å². The van der Waals surface area contributed by atoms with Crippen molar-refractivity contribution in [2.75, 3.05) is 0 Å². The molecule has 0 bridgehead atoms. The lowest BCUT2D eigenvalue weighted by atomic mass is 9.88. The van der Waals surface area contributed by atoms with E-state index in [4.69, 9.17) is 11.6 Å². The lowest BCUT2D eigenvalue weighted by Crippen LogP contribution is -2.10. The Kier molecular flexibility index (Phi) is 2.24. The van der Waals surface area contributed by atoms with E-state index in [0.717, 1.165) is 10.2 Å². The Morgan fingerprint density at radius 1 is 1.29 bits per heavy atom. The predicted octanol–water partition coefficient (Wildman–Crippen LogP) is 3.64. The molecule has 0 radical (unpaired) electrons. The van der Waals surface area contributed by atoms with E-state index in [1.165, 1.54) is 11.9 Å². The molecule has 74 valence electrons. The van der Waals surface area contributed by atoms with Gasteiger partial charge in [0.15, 0.2) is 0 Å². The molecule has 2 nitrogen and oxygen atoms in total. The fraction of sp³-hybridized carbons (Fsp3) is 0.400. The second kappa shape index (κ2) is 3.17. The maximum Gasteiger partial charge on any atom is 0.150 e. The Morgan fingerprint density at radius 2 is 2.00 bits per heavy atom. The van der Waals surface area contributed by atoms with Gasteiger partial charge in [-0.1, -0.05) is 32.4 Å². The highest BCUT2D eigenvalue weighted by Gasteiger charge is 2.20. The van der Waals surface area contributed by atoms with Gasteiger partial charge >= 0.3 is 0 Å². The standard InChI is InChI=1S/C10H11ClN2S/c1-10(2,3)6-4-14-8-7(6)12-5-13-9(8)11/h4-5H,1-3H3. The molecule has 0 aliphatic carbocycles. The molecule has 0 fully saturated rings. The van der Waals surface area contributed by atoms with E-state index in [0.29, 0.717) is 5.15 Å². The van der Waals surface area contributed by atoms with Crippen LogP contribution in [0.5, 0.6) is 0 Å². The van der Waals surface area contributed by atoms with Crippen LogP contribution in [0, 0.1) is 0 Å². The van der Waals surface area contributed by atoms with Gasteiger partial charge in [0.2, 0.25) is 0 Å². The van der Waals surface area contributed by atoms with Crippen molar-refractivity contribution in [3.63, 3.8) is 0 Å². The topological polar surface area (TPSA) is 25.8 Å². The zero-order valence-electron chi connectivity index (χ0n) is 8.34. The molecule has 0 aliphatic rings. The highest BCUT2D eigenvalue weighted by Crippen LogP contribution is 2.35. The van der Waals surface area contributed by atoms with Gasteiger partial charge in [-0.3, -0.25) is 0 Å². The molecule has 0 aliphatic heterocycles. The minimum Gasteiger partial charge on any atom is -0.235 e. The first-order valence-electron chi connectivity index (χ1n) is 4.38. The molecule has 0 saturated heterocycles. The zero-order valence-corrected chi connectivity index (χ0v) is 9.91. The van der Waals surface area contributed by atoms with Gasteiger partial charge < -0.3 is 0 Å². The first kappa shape index (κ1) is 9.87. The fourth-order valence-electron chi connectivity index (χ4n) is 1.35. The van der Waals surface area contributed by atoms with Gasteiger partial charge in [0.1, 0.15) is 11.5 Å². The number of nitrogens with zero attached hydrogens (tertiary/aromatic N) is 2. The van der Waals surface area contributed by atoms with Crippen molar-refractivity contribution in [1.29, 1.82) is 0 Å². The van der Waals surface area contributed by atoms with Gasteiger partial charge in [0.25, 0.3) is 0 Å². The number of thiophene rings is 1. The van der Waals surface area contributed by atoms with Gasteiger partial charge in [-0.05, 0) is 16.4 Å². The lowest BCUT2D eigenvalue weighted by Gasteiger charge is -2.16. The van der Waals surface area contributed by atoms with Crippen LogP contribution in [0.1, 0.15) is 26.3 Å². The summed E-state index contributed by atoms with van der Waals surface area (Å²) in [5.41, 5.74) is 2.33. The van der Waals surface area contributed by atoms with Crippen LogP contribution < -0.4 is 0 Å². The van der Waals surface area contributed by atoms with Crippen molar-refractivity contribution in [2.24, 2.45) is 0 Å². The Labute approximate surface area is 92.0 Å². The molecule has 0 unspecified atom stereocenters. The molecule has 2 heterocycles. The molecule has 0 aromatic carbocycles. The molecular weight excluding hydrogens is 216 g/mol. The first-order valence-corrected chi connectivity index (χ1v) is 5.64. The largest absolute Gasteiger partial charge is 0.235 e. The SMILES string of the molecule is CC(C)(C)c1csc2c(Cl)ncnc12. The van der Waals surface area contributed by atoms with E-state index in [9.17, 15) is 0 Å². The summed E-state index contributed by atoms with van der Waals surface area (Å²) < 4.78 is 0.985. The van der Waals surface area contributed by atoms with Crippen molar-refractivity contribution in [3.05, 3.63) is 22.4 Å². The van der Waals surface area contributed by atoms with E-state index in [1.807, 2.05) is 0 Å². The predicted molar refractivity (Wildman–Crippen MR) is 61.1 cm³/mol. The molecule has 2 aromatic rings. The molecule has 4 heteroatoms. The fourth-order valence-corrected chi connectivity index (χ4v) is 2.75. The lowest BCUT2D eigenvalue weighted by molar-refractivity contribution is 0.596. The smallest absolute Gasteiger partial charge is 0.150 e. The monoisotopic (exact) mass is 226 g/mol. The van der Waals surface area contributed by atoms with Crippen LogP contribution in [0.4, 0.5) is 0 Å². The van der Waals surface area contributed by atoms with Gasteiger partial charge in [0, 0.05) is 0 Å². The minimum atomic E-state index is 0.107. The third kappa shape index (κ3) is 1.51. The quantitative estimate of drug-likeness (QED) is 0.641. The van der Waals surface area contributed by atoms with Crippen LogP contribution in [-0.4, -0.2) is 9.97 Å². The second-order valence-corrected chi connectivity index (χ2v) is 5.48. The van der Waals surface area contributed by atoms with E-state index in [2.05, 4.69) is 36.1 Å². The van der Waals surface area contributed by atoms with E-state index < -0.39 is 0 Å². The Balaban J connectivity index is 2.76. The first-order chi connectivity index (χ1) is 6.50. The van der Waals surface area contributed by atoms with Crippen LogP contribution in [0.25, 0.3) is 10.2 Å². The number of aromatic nitrogens is 2. The van der Waals surface area contributed by atoms with Crippen LogP contribution in [0.2, 0.25) is 5.15 Å². The molecule has 0 saturated carbocycles. The average molecular weight is 227 g/mol. The zero-order chi connectivity index (χ0) is 10.3. The summed E-state index contributed by atoms with van der Waals surface area (Å²) in [5, 5.41) is 2.67. The molecule has 0 spiro atoms. The molecule has 14 heavy (non-hydrogen) atoms. The number of fused-ring (bicyclic) bond motifs is 1. The second-order valence-electron chi connectivity index (χ2n) is 4.24. The number of hydrogen-bond donors (Lipinski definition) is 0. The van der Waals surface area contributed by atoms with Crippen molar-refractivity contribution in [3.8, 4) is 0 Å². The van der Waals surface area contributed by atoms with Crippen molar-refractivity contribution in [1.82, 2.24) is 9.97 Å². The van der Waals surface area contributed by atoms with Gasteiger partial charge in [-0.25, -0.2) is 9.97 Å². The van der Waals surface area contributed by atoms with E-state index in [-0.39, 0.29) is 5.41 Å². The number of rotatable bonds is 0. The molecule has 0 atom stereocenters.